The van der Waals surface area contributed by atoms with Gasteiger partial charge in [0.15, 0.2) is 0 Å². The Morgan fingerprint density at radius 3 is 2.43 bits per heavy atom. The van der Waals surface area contributed by atoms with Crippen LogP contribution in [0.25, 0.3) is 0 Å². The number of amides is 3. The maximum atomic E-state index is 13.6. The van der Waals surface area contributed by atoms with Gasteiger partial charge in [-0.1, -0.05) is 18.2 Å². The summed E-state index contributed by atoms with van der Waals surface area (Å²) in [6, 6.07) is 6.52. The molecule has 7 nitrogen and oxygen atoms in total. The van der Waals surface area contributed by atoms with Gasteiger partial charge in [0, 0.05) is 32.6 Å². The number of hydrogen-bond acceptors (Lipinski definition) is 4. The van der Waals surface area contributed by atoms with Gasteiger partial charge >= 0.3 is 6.09 Å². The minimum absolute atomic E-state index is 0.0611. The number of likely N-dealkylation sites (tertiary alicyclic amines) is 1. The Kier molecular flexibility index (Phi) is 8.20. The summed E-state index contributed by atoms with van der Waals surface area (Å²) in [4.78, 5) is 39.8. The maximum absolute atomic E-state index is 13.6. The number of nitrogens with zero attached hydrogens (tertiary/aromatic N) is 2. The van der Waals surface area contributed by atoms with E-state index in [2.05, 4.69) is 5.32 Å². The van der Waals surface area contributed by atoms with Gasteiger partial charge in [0.2, 0.25) is 11.8 Å². The fraction of sp³-hybridized carbons (Fsp3) is 0.591. The van der Waals surface area contributed by atoms with Crippen molar-refractivity contribution in [1.29, 1.82) is 0 Å². The first-order chi connectivity index (χ1) is 14.1. The summed E-state index contributed by atoms with van der Waals surface area (Å²) >= 11 is 0. The van der Waals surface area contributed by atoms with Crippen LogP contribution in [0.5, 0.6) is 0 Å². The largest absolute Gasteiger partial charge is 0.444 e. The van der Waals surface area contributed by atoms with Crippen molar-refractivity contribution < 1.29 is 23.5 Å². The van der Waals surface area contributed by atoms with E-state index >= 15 is 0 Å². The highest BCUT2D eigenvalue weighted by Crippen LogP contribution is 2.18. The number of rotatable bonds is 6. The molecule has 1 heterocycles. The molecule has 0 spiro atoms. The molecule has 0 atom stereocenters. The zero-order chi connectivity index (χ0) is 22.3. The van der Waals surface area contributed by atoms with Crippen LogP contribution in [0.1, 0.15) is 39.2 Å². The van der Waals surface area contributed by atoms with Crippen molar-refractivity contribution in [3.05, 3.63) is 35.6 Å². The molecule has 0 aliphatic carbocycles. The van der Waals surface area contributed by atoms with E-state index in [1.165, 1.54) is 18.0 Å². The molecule has 2 rings (SSSR count). The highest BCUT2D eigenvalue weighted by atomic mass is 19.1. The van der Waals surface area contributed by atoms with Crippen molar-refractivity contribution in [3.8, 4) is 0 Å². The van der Waals surface area contributed by atoms with E-state index < -0.39 is 11.7 Å². The lowest BCUT2D eigenvalue weighted by molar-refractivity contribution is -0.136. The molecule has 1 fully saturated rings. The number of nitrogens with one attached hydrogen (secondary N) is 1. The first-order valence-corrected chi connectivity index (χ1v) is 10.3. The minimum atomic E-state index is -0.619. The second kappa shape index (κ2) is 10.4. The van der Waals surface area contributed by atoms with Gasteiger partial charge in [-0.05, 0) is 51.7 Å². The molecule has 0 bridgehead atoms. The molecular weight excluding hydrogens is 389 g/mol. The number of carbonyl (C=O) groups excluding carboxylic acids is 3. The lowest BCUT2D eigenvalue weighted by Gasteiger charge is -2.32. The predicted molar refractivity (Wildman–Crippen MR) is 111 cm³/mol. The average molecular weight is 422 g/mol. The van der Waals surface area contributed by atoms with Gasteiger partial charge in [-0.3, -0.25) is 9.59 Å². The van der Waals surface area contributed by atoms with E-state index in [9.17, 15) is 18.8 Å². The Morgan fingerprint density at radius 1 is 1.20 bits per heavy atom. The zero-order valence-electron chi connectivity index (χ0n) is 18.2. The third kappa shape index (κ3) is 7.31. The summed E-state index contributed by atoms with van der Waals surface area (Å²) in [6.07, 6.45) is 1.02. The molecule has 1 aromatic rings. The van der Waals surface area contributed by atoms with Crippen molar-refractivity contribution in [2.75, 3.05) is 33.2 Å². The summed E-state index contributed by atoms with van der Waals surface area (Å²) in [5.74, 6) is -0.667. The molecule has 0 aromatic heterocycles. The highest BCUT2D eigenvalue weighted by molar-refractivity contribution is 5.83. The van der Waals surface area contributed by atoms with Gasteiger partial charge in [0.1, 0.15) is 18.0 Å². The number of piperidine rings is 1. The molecule has 1 aliphatic heterocycles. The lowest BCUT2D eigenvalue weighted by Crippen LogP contribution is -2.47. The number of ether oxygens (including phenoxy) is 1. The molecule has 0 saturated carbocycles. The normalized spacial score (nSPS) is 14.9. The van der Waals surface area contributed by atoms with E-state index in [0.717, 1.165) is 0 Å². The molecular formula is C22H32FN3O4. The number of halogens is 1. The van der Waals surface area contributed by atoms with Crippen LogP contribution >= 0.6 is 0 Å². The van der Waals surface area contributed by atoms with Crippen LogP contribution in [0.3, 0.4) is 0 Å². The van der Waals surface area contributed by atoms with E-state index in [1.54, 1.807) is 43.9 Å². The fourth-order valence-corrected chi connectivity index (χ4v) is 3.26. The monoisotopic (exact) mass is 421 g/mol. The second-order valence-corrected chi connectivity index (χ2v) is 8.62. The molecule has 1 aromatic carbocycles. The zero-order valence-corrected chi connectivity index (χ0v) is 18.2. The SMILES string of the molecule is CN(CC(=O)N1CCC(C(=O)NCCc2ccccc2F)CC1)C(=O)OC(C)(C)C. The van der Waals surface area contributed by atoms with Crippen LogP contribution < -0.4 is 5.32 Å². The summed E-state index contributed by atoms with van der Waals surface area (Å²) in [5.41, 5.74) is -0.0424. The highest BCUT2D eigenvalue weighted by Gasteiger charge is 2.29. The smallest absolute Gasteiger partial charge is 0.410 e. The summed E-state index contributed by atoms with van der Waals surface area (Å²) in [7, 11) is 1.53. The van der Waals surface area contributed by atoms with Crippen LogP contribution in [0.4, 0.5) is 9.18 Å². The Hall–Kier alpha value is -2.64. The van der Waals surface area contributed by atoms with Gasteiger partial charge in [0.25, 0.3) is 0 Å². The average Bonchev–Trinajstić information content (AvgIpc) is 2.68. The number of likely N-dealkylation sites (N-methyl/N-ethyl adjacent to an activating group) is 1. The van der Waals surface area contributed by atoms with Crippen LogP contribution in [0, 0.1) is 11.7 Å². The molecule has 1 N–H and O–H groups in total. The lowest BCUT2D eigenvalue weighted by atomic mass is 9.95. The quantitative estimate of drug-likeness (QED) is 0.766. The Bertz CT molecular complexity index is 755. The number of carbonyl (C=O) groups is 3. The number of benzene rings is 1. The topological polar surface area (TPSA) is 79.0 Å². The molecule has 8 heteroatoms. The van der Waals surface area contributed by atoms with Gasteiger partial charge in [-0.15, -0.1) is 0 Å². The van der Waals surface area contributed by atoms with Crippen molar-refractivity contribution in [2.45, 2.75) is 45.6 Å². The van der Waals surface area contributed by atoms with Gasteiger partial charge in [-0.2, -0.15) is 0 Å². The predicted octanol–water partition coefficient (Wildman–Crippen LogP) is 2.59. The Morgan fingerprint density at radius 2 is 1.83 bits per heavy atom. The van der Waals surface area contributed by atoms with Crippen LogP contribution in [0.15, 0.2) is 24.3 Å². The standard InChI is InChI=1S/C22H32FN3O4/c1-22(2,3)30-21(29)25(4)15-19(27)26-13-10-17(11-14-26)20(28)24-12-9-16-7-5-6-8-18(16)23/h5-8,17H,9-15H2,1-4H3,(H,24,28). The maximum Gasteiger partial charge on any atom is 0.410 e. The fourth-order valence-electron chi connectivity index (χ4n) is 3.26. The summed E-state index contributed by atoms with van der Waals surface area (Å²) < 4.78 is 18.9. The first-order valence-electron chi connectivity index (χ1n) is 10.3. The molecule has 0 radical (unpaired) electrons. The van der Waals surface area contributed by atoms with Crippen LogP contribution in [-0.2, 0) is 20.7 Å². The summed E-state index contributed by atoms with van der Waals surface area (Å²) in [5, 5.41) is 2.86. The van der Waals surface area contributed by atoms with E-state index in [1.807, 2.05) is 0 Å². The molecule has 3 amide bonds. The van der Waals surface area contributed by atoms with Gasteiger partial charge in [0.05, 0.1) is 0 Å². The molecule has 0 unspecified atom stereocenters. The van der Waals surface area contributed by atoms with Crippen molar-refractivity contribution in [1.82, 2.24) is 15.1 Å². The Balaban J connectivity index is 1.72. The van der Waals surface area contributed by atoms with Gasteiger partial charge < -0.3 is 19.9 Å². The third-order valence-electron chi connectivity index (χ3n) is 4.95. The molecule has 1 aliphatic rings. The van der Waals surface area contributed by atoms with Crippen LogP contribution in [0.2, 0.25) is 0 Å². The number of hydrogen-bond donors (Lipinski definition) is 1. The van der Waals surface area contributed by atoms with E-state index in [-0.39, 0.29) is 30.1 Å². The third-order valence-corrected chi connectivity index (χ3v) is 4.95. The van der Waals surface area contributed by atoms with Crippen molar-refractivity contribution in [2.24, 2.45) is 5.92 Å². The van der Waals surface area contributed by atoms with Gasteiger partial charge in [-0.25, -0.2) is 9.18 Å². The molecule has 166 valence electrons. The second-order valence-electron chi connectivity index (χ2n) is 8.62. The first kappa shape index (κ1) is 23.6. The van der Waals surface area contributed by atoms with Crippen molar-refractivity contribution in [3.63, 3.8) is 0 Å². The summed E-state index contributed by atoms with van der Waals surface area (Å²) in [6.45, 7) is 6.55. The minimum Gasteiger partial charge on any atom is -0.444 e. The van der Waals surface area contributed by atoms with Crippen molar-refractivity contribution >= 4 is 17.9 Å². The Labute approximate surface area is 177 Å². The van der Waals surface area contributed by atoms with E-state index in [0.29, 0.717) is 44.5 Å². The van der Waals surface area contributed by atoms with Crippen LogP contribution in [-0.4, -0.2) is 66.5 Å². The van der Waals surface area contributed by atoms with E-state index in [4.69, 9.17) is 4.74 Å². The molecule has 1 saturated heterocycles. The molecule has 30 heavy (non-hydrogen) atoms.